The lowest BCUT2D eigenvalue weighted by Crippen LogP contribution is -2.22. The fourth-order valence-corrected chi connectivity index (χ4v) is 4.56. The fourth-order valence-electron chi connectivity index (χ4n) is 4.56. The number of benzene rings is 3. The molecular weight excluding hydrogens is 402 g/mol. The lowest BCUT2D eigenvalue weighted by Gasteiger charge is -2.26. The molecule has 0 bridgehead atoms. The Labute approximate surface area is 182 Å². The Morgan fingerprint density at radius 3 is 2.53 bits per heavy atom. The first-order valence-electron chi connectivity index (χ1n) is 10.4. The number of aromatic nitrogens is 1. The molecule has 6 rings (SSSR count). The van der Waals surface area contributed by atoms with Gasteiger partial charge in [-0.1, -0.05) is 48.5 Å². The molecular formula is C27H17NO4. The number of esters is 1. The van der Waals surface area contributed by atoms with Gasteiger partial charge in [-0.3, -0.25) is 14.6 Å². The summed E-state index contributed by atoms with van der Waals surface area (Å²) in [5.41, 5.74) is 4.14. The largest absolute Gasteiger partial charge is 0.463 e. The predicted molar refractivity (Wildman–Crippen MR) is 122 cm³/mol. The average Bonchev–Trinajstić information content (AvgIpc) is 2.83. The Balaban J connectivity index is 1.62. The van der Waals surface area contributed by atoms with Crippen LogP contribution in [0.4, 0.5) is 0 Å². The van der Waals surface area contributed by atoms with Crippen molar-refractivity contribution in [1.29, 1.82) is 0 Å². The molecule has 5 nitrogen and oxygen atoms in total. The fraction of sp³-hybridized carbons (Fsp3) is 0.0741. The first-order chi connectivity index (χ1) is 15.7. The Kier molecular flexibility index (Phi) is 4.15. The highest BCUT2D eigenvalue weighted by atomic mass is 16.5. The molecule has 1 aliphatic heterocycles. The predicted octanol–water partition coefficient (Wildman–Crippen LogP) is 5.45. The molecule has 0 amide bonds. The number of hydrogen-bond donors (Lipinski definition) is 0. The molecule has 1 atom stereocenters. The summed E-state index contributed by atoms with van der Waals surface area (Å²) in [6, 6.07) is 22.5. The van der Waals surface area contributed by atoms with Crippen LogP contribution in [0, 0.1) is 0 Å². The number of para-hydroxylation sites is 1. The molecule has 5 aromatic rings. The molecule has 3 heterocycles. The van der Waals surface area contributed by atoms with E-state index in [1.807, 2.05) is 60.7 Å². The van der Waals surface area contributed by atoms with Gasteiger partial charge >= 0.3 is 5.97 Å². The van der Waals surface area contributed by atoms with Crippen molar-refractivity contribution in [2.45, 2.75) is 12.3 Å². The zero-order valence-corrected chi connectivity index (χ0v) is 16.9. The highest BCUT2D eigenvalue weighted by Gasteiger charge is 2.33. The number of ether oxygens (including phenoxy) is 1. The van der Waals surface area contributed by atoms with E-state index < -0.39 is 0 Å². The van der Waals surface area contributed by atoms with Crippen LogP contribution < -0.4 is 10.2 Å². The van der Waals surface area contributed by atoms with Gasteiger partial charge in [-0.2, -0.15) is 0 Å². The van der Waals surface area contributed by atoms with E-state index in [2.05, 4.69) is 4.98 Å². The van der Waals surface area contributed by atoms with Crippen molar-refractivity contribution in [2.24, 2.45) is 0 Å². The summed E-state index contributed by atoms with van der Waals surface area (Å²) in [6.45, 7) is 0. The van der Waals surface area contributed by atoms with Gasteiger partial charge in [0, 0.05) is 23.1 Å². The summed E-state index contributed by atoms with van der Waals surface area (Å²) < 4.78 is 11.6. The van der Waals surface area contributed by atoms with Gasteiger partial charge in [-0.05, 0) is 35.4 Å². The van der Waals surface area contributed by atoms with Gasteiger partial charge in [0.05, 0.1) is 22.9 Å². The van der Waals surface area contributed by atoms with E-state index in [1.165, 1.54) is 6.26 Å². The van der Waals surface area contributed by atoms with E-state index in [-0.39, 0.29) is 23.7 Å². The molecule has 0 radical (unpaired) electrons. The van der Waals surface area contributed by atoms with Crippen LogP contribution in [0.25, 0.3) is 33.0 Å². The van der Waals surface area contributed by atoms with Crippen molar-refractivity contribution in [3.8, 4) is 16.9 Å². The lowest BCUT2D eigenvalue weighted by molar-refractivity contribution is -0.135. The first kappa shape index (κ1) is 18.5. The quantitative estimate of drug-likeness (QED) is 0.281. The number of carbonyl (C=O) groups excluding carboxylic acids is 1. The summed E-state index contributed by atoms with van der Waals surface area (Å²) in [4.78, 5) is 30.3. The molecule has 32 heavy (non-hydrogen) atoms. The minimum atomic E-state index is -0.314. The summed E-state index contributed by atoms with van der Waals surface area (Å²) in [5.74, 6) is -0.199. The third-order valence-corrected chi connectivity index (χ3v) is 6.03. The van der Waals surface area contributed by atoms with Crippen LogP contribution in [0.5, 0.6) is 5.75 Å². The van der Waals surface area contributed by atoms with Gasteiger partial charge in [-0.25, -0.2) is 0 Å². The van der Waals surface area contributed by atoms with Gasteiger partial charge in [0.15, 0.2) is 0 Å². The molecule has 0 aliphatic carbocycles. The van der Waals surface area contributed by atoms with Crippen molar-refractivity contribution in [3.05, 3.63) is 107 Å². The minimum Gasteiger partial charge on any atom is -0.463 e. The van der Waals surface area contributed by atoms with Crippen LogP contribution in [0.15, 0.2) is 94.5 Å². The van der Waals surface area contributed by atoms with Gasteiger partial charge in [0.2, 0.25) is 5.43 Å². The first-order valence-corrected chi connectivity index (χ1v) is 10.4. The molecule has 3 aromatic carbocycles. The Bertz CT molecular complexity index is 1560. The maximum absolute atomic E-state index is 13.4. The Hall–Kier alpha value is -4.25. The van der Waals surface area contributed by atoms with Crippen molar-refractivity contribution < 1.29 is 13.9 Å². The second-order valence-electron chi connectivity index (χ2n) is 7.85. The molecule has 1 unspecified atom stereocenters. The van der Waals surface area contributed by atoms with E-state index in [0.717, 1.165) is 27.6 Å². The van der Waals surface area contributed by atoms with Crippen molar-refractivity contribution in [2.75, 3.05) is 0 Å². The molecule has 0 saturated heterocycles. The van der Waals surface area contributed by atoms with Gasteiger partial charge in [0.1, 0.15) is 17.6 Å². The Morgan fingerprint density at radius 1 is 0.844 bits per heavy atom. The zero-order chi connectivity index (χ0) is 21.7. The number of pyridine rings is 1. The topological polar surface area (TPSA) is 69.4 Å². The molecule has 2 aromatic heterocycles. The van der Waals surface area contributed by atoms with E-state index in [9.17, 15) is 9.59 Å². The monoisotopic (exact) mass is 419 g/mol. The minimum absolute atomic E-state index is 0.115. The number of hydrogen-bond acceptors (Lipinski definition) is 5. The molecule has 0 N–H and O–H groups in total. The van der Waals surface area contributed by atoms with E-state index in [4.69, 9.17) is 9.15 Å². The van der Waals surface area contributed by atoms with Crippen molar-refractivity contribution in [1.82, 2.24) is 4.98 Å². The van der Waals surface area contributed by atoms with E-state index >= 15 is 0 Å². The summed E-state index contributed by atoms with van der Waals surface area (Å²) >= 11 is 0. The molecule has 0 saturated carbocycles. The molecule has 0 fully saturated rings. The summed E-state index contributed by atoms with van der Waals surface area (Å²) in [5, 5.41) is 1.42. The second-order valence-corrected chi connectivity index (χ2v) is 7.85. The maximum atomic E-state index is 13.4. The Morgan fingerprint density at radius 2 is 1.66 bits per heavy atom. The highest BCUT2D eigenvalue weighted by molar-refractivity contribution is 5.92. The van der Waals surface area contributed by atoms with Crippen LogP contribution in [0.3, 0.4) is 0 Å². The highest BCUT2D eigenvalue weighted by Crippen LogP contribution is 2.44. The van der Waals surface area contributed by atoms with Gasteiger partial charge < -0.3 is 9.15 Å². The lowest BCUT2D eigenvalue weighted by atomic mass is 9.83. The van der Waals surface area contributed by atoms with E-state index in [1.54, 1.807) is 18.3 Å². The number of fused-ring (bicyclic) bond motifs is 4. The normalized spacial score (nSPS) is 15.5. The number of carbonyl (C=O) groups is 1. The number of nitrogens with zero attached hydrogens (tertiary/aromatic N) is 1. The van der Waals surface area contributed by atoms with Crippen LogP contribution in [-0.4, -0.2) is 11.0 Å². The maximum Gasteiger partial charge on any atom is 0.312 e. The molecule has 1 aliphatic rings. The van der Waals surface area contributed by atoms with E-state index in [0.29, 0.717) is 22.3 Å². The SMILES string of the molecule is O=C1CC(c2ccnc3ccccc23)c2c(ccc3c(=O)c(-c4ccccc4)coc23)O1. The summed E-state index contributed by atoms with van der Waals surface area (Å²) in [7, 11) is 0. The molecule has 154 valence electrons. The third kappa shape index (κ3) is 2.82. The molecule has 0 spiro atoms. The van der Waals surface area contributed by atoms with Crippen LogP contribution in [0.2, 0.25) is 0 Å². The van der Waals surface area contributed by atoms with Crippen molar-refractivity contribution in [3.63, 3.8) is 0 Å². The zero-order valence-electron chi connectivity index (χ0n) is 16.9. The molecule has 5 heteroatoms. The van der Waals surface area contributed by atoms with Crippen LogP contribution in [-0.2, 0) is 4.79 Å². The van der Waals surface area contributed by atoms with Crippen LogP contribution in [0.1, 0.15) is 23.5 Å². The van der Waals surface area contributed by atoms with Crippen molar-refractivity contribution >= 4 is 27.8 Å². The average molecular weight is 419 g/mol. The van der Waals surface area contributed by atoms with Gasteiger partial charge in [-0.15, -0.1) is 0 Å². The third-order valence-electron chi connectivity index (χ3n) is 6.03. The second kappa shape index (κ2) is 7.17. The summed E-state index contributed by atoms with van der Waals surface area (Å²) in [6.07, 6.45) is 3.40. The smallest absolute Gasteiger partial charge is 0.312 e. The standard InChI is InChI=1S/C27H17NO4/c29-24-14-20(17-12-13-28-22-9-5-4-8-18(17)22)25-23(32-24)11-10-19-26(30)21(15-31-27(19)25)16-6-2-1-3-7-16/h1-13,15,20H,14H2. The van der Waals surface area contributed by atoms with Crippen LogP contribution >= 0.6 is 0 Å². The van der Waals surface area contributed by atoms with Gasteiger partial charge in [0.25, 0.3) is 0 Å². The number of rotatable bonds is 2.